The highest BCUT2D eigenvalue weighted by atomic mass is 19.1. The third-order valence-electron chi connectivity index (χ3n) is 2.68. The smallest absolute Gasteiger partial charge is 0.343 e. The summed E-state index contributed by atoms with van der Waals surface area (Å²) in [5, 5.41) is 13.3. The number of methoxy groups -OCH3 is 1. The molecule has 0 atom stereocenters. The fourth-order valence-electron chi connectivity index (χ4n) is 1.72. The van der Waals surface area contributed by atoms with Gasteiger partial charge in [-0.15, -0.1) is 0 Å². The minimum absolute atomic E-state index is 0.135. The van der Waals surface area contributed by atoms with E-state index in [4.69, 9.17) is 0 Å². The maximum Gasteiger partial charge on any atom is 0.343 e. The number of hydrogen-bond acceptors (Lipinski definition) is 6. The highest BCUT2D eigenvalue weighted by Gasteiger charge is 2.21. The van der Waals surface area contributed by atoms with Gasteiger partial charge in [0.2, 0.25) is 5.82 Å². The van der Waals surface area contributed by atoms with Crippen LogP contribution >= 0.6 is 0 Å². The molecule has 0 fully saturated rings. The van der Waals surface area contributed by atoms with E-state index >= 15 is 0 Å². The quantitative estimate of drug-likeness (QED) is 0.530. The molecule has 0 saturated carbocycles. The van der Waals surface area contributed by atoms with E-state index in [1.807, 2.05) is 0 Å². The van der Waals surface area contributed by atoms with Crippen molar-refractivity contribution in [3.8, 4) is 0 Å². The molecule has 0 aliphatic heterocycles. The van der Waals surface area contributed by atoms with Gasteiger partial charge in [0, 0.05) is 18.0 Å². The first-order valence-corrected chi connectivity index (χ1v) is 5.88. The molecule has 1 heterocycles. The van der Waals surface area contributed by atoms with Crippen LogP contribution in [0.3, 0.4) is 0 Å². The zero-order valence-electron chi connectivity index (χ0n) is 11.2. The topological polar surface area (TPSA) is 94.4 Å². The predicted molar refractivity (Wildman–Crippen MR) is 71.9 cm³/mol. The normalized spacial score (nSPS) is 10.1. The first-order valence-electron chi connectivity index (χ1n) is 5.88. The highest BCUT2D eigenvalue weighted by molar-refractivity contribution is 5.90. The van der Waals surface area contributed by atoms with Crippen LogP contribution in [0.2, 0.25) is 0 Å². The molecular formula is C13H9F2N3O4. The number of hydrogen-bond donors (Lipinski definition) is 1. The van der Waals surface area contributed by atoms with Crippen molar-refractivity contribution in [3.63, 3.8) is 0 Å². The molecule has 0 unspecified atom stereocenters. The lowest BCUT2D eigenvalue weighted by Gasteiger charge is -2.08. The van der Waals surface area contributed by atoms with Crippen molar-refractivity contribution >= 4 is 23.2 Å². The molecule has 1 aromatic carbocycles. The van der Waals surface area contributed by atoms with E-state index in [2.05, 4.69) is 15.0 Å². The molecule has 0 radical (unpaired) electrons. The Kier molecular flexibility index (Phi) is 4.25. The van der Waals surface area contributed by atoms with Crippen molar-refractivity contribution in [1.29, 1.82) is 0 Å². The Morgan fingerprint density at radius 3 is 2.55 bits per heavy atom. The summed E-state index contributed by atoms with van der Waals surface area (Å²) in [5.41, 5.74) is -1.34. The SMILES string of the molecule is COC(=O)c1c(F)cc(Nc2ncccc2[N+](=O)[O-])cc1F. The maximum absolute atomic E-state index is 13.8. The Morgan fingerprint density at radius 2 is 2.00 bits per heavy atom. The van der Waals surface area contributed by atoms with Crippen molar-refractivity contribution < 1.29 is 23.2 Å². The van der Waals surface area contributed by atoms with Crippen LogP contribution in [0.15, 0.2) is 30.5 Å². The van der Waals surface area contributed by atoms with Gasteiger partial charge >= 0.3 is 11.7 Å². The number of anilines is 2. The fraction of sp³-hybridized carbons (Fsp3) is 0.0769. The number of carbonyl (C=O) groups is 1. The van der Waals surface area contributed by atoms with Crippen molar-refractivity contribution in [1.82, 2.24) is 4.98 Å². The lowest BCUT2D eigenvalue weighted by atomic mass is 10.1. The number of nitrogens with one attached hydrogen (secondary N) is 1. The van der Waals surface area contributed by atoms with Gasteiger partial charge in [-0.1, -0.05) is 0 Å². The van der Waals surface area contributed by atoms with Gasteiger partial charge in [0.25, 0.3) is 0 Å². The highest BCUT2D eigenvalue weighted by Crippen LogP contribution is 2.27. The lowest BCUT2D eigenvalue weighted by Crippen LogP contribution is -2.09. The molecule has 1 aromatic heterocycles. The monoisotopic (exact) mass is 309 g/mol. The molecule has 2 rings (SSSR count). The molecular weight excluding hydrogens is 300 g/mol. The minimum Gasteiger partial charge on any atom is -0.465 e. The molecule has 0 bridgehead atoms. The first kappa shape index (κ1) is 15.3. The summed E-state index contributed by atoms with van der Waals surface area (Å²) >= 11 is 0. The summed E-state index contributed by atoms with van der Waals surface area (Å²) in [6.45, 7) is 0. The summed E-state index contributed by atoms with van der Waals surface area (Å²) in [5.74, 6) is -3.66. The molecule has 2 aromatic rings. The zero-order chi connectivity index (χ0) is 16.3. The zero-order valence-corrected chi connectivity index (χ0v) is 11.2. The van der Waals surface area contributed by atoms with Gasteiger partial charge in [0.05, 0.1) is 12.0 Å². The second-order valence-electron chi connectivity index (χ2n) is 4.06. The Hall–Kier alpha value is -3.10. The van der Waals surface area contributed by atoms with Crippen LogP contribution in [0.1, 0.15) is 10.4 Å². The van der Waals surface area contributed by atoms with Crippen molar-refractivity contribution in [2.24, 2.45) is 0 Å². The number of carbonyl (C=O) groups excluding carboxylic acids is 1. The van der Waals surface area contributed by atoms with Crippen LogP contribution in [0, 0.1) is 21.7 Å². The van der Waals surface area contributed by atoms with Crippen molar-refractivity contribution in [3.05, 3.63) is 57.8 Å². The number of ether oxygens (including phenoxy) is 1. The fourth-order valence-corrected chi connectivity index (χ4v) is 1.72. The van der Waals surface area contributed by atoms with Gasteiger partial charge in [-0.25, -0.2) is 18.6 Å². The average molecular weight is 309 g/mol. The number of aromatic nitrogens is 1. The van der Waals surface area contributed by atoms with Crippen LogP contribution in [-0.2, 0) is 4.74 Å². The van der Waals surface area contributed by atoms with Crippen LogP contribution < -0.4 is 5.32 Å². The van der Waals surface area contributed by atoms with E-state index in [0.717, 1.165) is 19.2 Å². The van der Waals surface area contributed by atoms with E-state index in [9.17, 15) is 23.7 Å². The van der Waals surface area contributed by atoms with Crippen LogP contribution in [0.25, 0.3) is 0 Å². The summed E-state index contributed by atoms with van der Waals surface area (Å²) in [7, 11) is 0.991. The van der Waals surface area contributed by atoms with E-state index in [0.29, 0.717) is 0 Å². The maximum atomic E-state index is 13.8. The molecule has 0 amide bonds. The number of nitrogens with zero attached hydrogens (tertiary/aromatic N) is 2. The minimum atomic E-state index is -1.16. The molecule has 9 heteroatoms. The lowest BCUT2D eigenvalue weighted by molar-refractivity contribution is -0.384. The van der Waals surface area contributed by atoms with E-state index in [1.54, 1.807) is 0 Å². The molecule has 7 nitrogen and oxygen atoms in total. The summed E-state index contributed by atoms with van der Waals surface area (Å²) < 4.78 is 31.8. The number of pyridine rings is 1. The van der Waals surface area contributed by atoms with Gasteiger partial charge in [-0.3, -0.25) is 10.1 Å². The summed E-state index contributed by atoms with van der Waals surface area (Å²) in [4.78, 5) is 25.1. The summed E-state index contributed by atoms with van der Waals surface area (Å²) in [6.07, 6.45) is 1.28. The number of halogens is 2. The Bertz CT molecular complexity index is 729. The predicted octanol–water partition coefficient (Wildman–Crippen LogP) is 2.80. The van der Waals surface area contributed by atoms with E-state index in [1.165, 1.54) is 18.3 Å². The second kappa shape index (κ2) is 6.12. The first-order chi connectivity index (χ1) is 10.4. The van der Waals surface area contributed by atoms with Gasteiger partial charge in [0.1, 0.15) is 17.2 Å². The van der Waals surface area contributed by atoms with Crippen molar-refractivity contribution in [2.75, 3.05) is 12.4 Å². The number of rotatable bonds is 4. The number of benzene rings is 1. The second-order valence-corrected chi connectivity index (χ2v) is 4.06. The Morgan fingerprint density at radius 1 is 1.36 bits per heavy atom. The number of esters is 1. The summed E-state index contributed by atoms with van der Waals surface area (Å²) in [6, 6.07) is 4.16. The van der Waals surface area contributed by atoms with Gasteiger partial charge < -0.3 is 10.1 Å². The molecule has 0 saturated heterocycles. The standard InChI is InChI=1S/C13H9F2N3O4/c1-22-13(19)11-8(14)5-7(6-9(11)15)17-12-10(18(20)21)3-2-4-16-12/h2-6H,1H3,(H,16,17). The van der Waals surface area contributed by atoms with Crippen molar-refractivity contribution in [2.45, 2.75) is 0 Å². The molecule has 0 spiro atoms. The average Bonchev–Trinajstić information content (AvgIpc) is 2.46. The third kappa shape index (κ3) is 2.97. The van der Waals surface area contributed by atoms with Gasteiger partial charge in [-0.2, -0.15) is 0 Å². The van der Waals surface area contributed by atoms with Crippen LogP contribution in [-0.4, -0.2) is 23.0 Å². The van der Waals surface area contributed by atoms with E-state index in [-0.39, 0.29) is 17.2 Å². The molecule has 114 valence electrons. The molecule has 0 aliphatic carbocycles. The molecule has 22 heavy (non-hydrogen) atoms. The third-order valence-corrected chi connectivity index (χ3v) is 2.68. The Balaban J connectivity index is 2.40. The largest absolute Gasteiger partial charge is 0.465 e. The van der Waals surface area contributed by atoms with Gasteiger partial charge in [-0.05, 0) is 18.2 Å². The van der Waals surface area contributed by atoms with Crippen LogP contribution in [0.4, 0.5) is 26.0 Å². The molecule has 0 aliphatic rings. The Labute approximate surface area is 122 Å². The van der Waals surface area contributed by atoms with E-state index < -0.39 is 28.1 Å². The van der Waals surface area contributed by atoms with Crippen LogP contribution in [0.5, 0.6) is 0 Å². The van der Waals surface area contributed by atoms with Gasteiger partial charge in [0.15, 0.2) is 0 Å². The molecule has 1 N–H and O–H groups in total. The number of nitro groups is 1.